The van der Waals surface area contributed by atoms with Crippen molar-refractivity contribution in [2.24, 2.45) is 0 Å². The SMILES string of the molecule is CC[C@@H](NC(=O)c1ccc2n[nH]c(C)c2c1)c1cccs1. The molecule has 1 amide bonds. The van der Waals surface area contributed by atoms with Crippen molar-refractivity contribution in [3.05, 3.63) is 51.8 Å². The summed E-state index contributed by atoms with van der Waals surface area (Å²) in [5, 5.41) is 13.2. The summed E-state index contributed by atoms with van der Waals surface area (Å²) in [5.74, 6) is -0.0437. The molecule has 1 atom stereocenters. The van der Waals surface area contributed by atoms with Crippen LogP contribution in [0.1, 0.15) is 40.3 Å². The zero-order chi connectivity index (χ0) is 14.8. The number of thiophene rings is 1. The van der Waals surface area contributed by atoms with Crippen molar-refractivity contribution in [2.75, 3.05) is 0 Å². The summed E-state index contributed by atoms with van der Waals surface area (Å²) in [5.41, 5.74) is 2.53. The number of H-pyrrole nitrogens is 1. The molecule has 0 saturated heterocycles. The summed E-state index contributed by atoms with van der Waals surface area (Å²) >= 11 is 1.67. The van der Waals surface area contributed by atoms with Gasteiger partial charge in [-0.15, -0.1) is 11.3 Å². The van der Waals surface area contributed by atoms with Crippen LogP contribution in [0.3, 0.4) is 0 Å². The summed E-state index contributed by atoms with van der Waals surface area (Å²) in [6, 6.07) is 9.72. The fourth-order valence-electron chi connectivity index (χ4n) is 2.38. The number of fused-ring (bicyclic) bond motifs is 1. The summed E-state index contributed by atoms with van der Waals surface area (Å²) in [6.07, 6.45) is 0.874. The molecule has 108 valence electrons. The zero-order valence-electron chi connectivity index (χ0n) is 12.0. The third-order valence-electron chi connectivity index (χ3n) is 3.61. The number of hydrogen-bond acceptors (Lipinski definition) is 3. The van der Waals surface area contributed by atoms with Crippen molar-refractivity contribution in [2.45, 2.75) is 26.3 Å². The van der Waals surface area contributed by atoms with Crippen LogP contribution in [0.25, 0.3) is 10.9 Å². The maximum Gasteiger partial charge on any atom is 0.251 e. The molecule has 3 aromatic rings. The van der Waals surface area contributed by atoms with Crippen molar-refractivity contribution >= 4 is 28.1 Å². The second-order valence-corrected chi connectivity index (χ2v) is 6.01. The van der Waals surface area contributed by atoms with Gasteiger partial charge in [-0.1, -0.05) is 13.0 Å². The number of nitrogens with zero attached hydrogens (tertiary/aromatic N) is 1. The van der Waals surface area contributed by atoms with Gasteiger partial charge in [-0.05, 0) is 43.0 Å². The number of carbonyl (C=O) groups excluding carboxylic acids is 1. The average Bonchev–Trinajstić information content (AvgIpc) is 3.15. The van der Waals surface area contributed by atoms with Crippen molar-refractivity contribution in [1.82, 2.24) is 15.5 Å². The molecule has 2 N–H and O–H groups in total. The Labute approximate surface area is 127 Å². The number of hydrogen-bond donors (Lipinski definition) is 2. The van der Waals surface area contributed by atoms with E-state index < -0.39 is 0 Å². The molecule has 0 bridgehead atoms. The molecule has 0 saturated carbocycles. The van der Waals surface area contributed by atoms with Gasteiger partial charge in [0.15, 0.2) is 0 Å². The van der Waals surface area contributed by atoms with Crippen LogP contribution in [0.5, 0.6) is 0 Å². The van der Waals surface area contributed by atoms with Crippen molar-refractivity contribution < 1.29 is 4.79 Å². The van der Waals surface area contributed by atoms with Crippen molar-refractivity contribution in [1.29, 1.82) is 0 Å². The van der Waals surface area contributed by atoms with Gasteiger partial charge < -0.3 is 5.32 Å². The lowest BCUT2D eigenvalue weighted by atomic mass is 10.1. The molecule has 4 nitrogen and oxygen atoms in total. The van der Waals surface area contributed by atoms with E-state index in [0.29, 0.717) is 5.56 Å². The van der Waals surface area contributed by atoms with Crippen LogP contribution >= 0.6 is 11.3 Å². The fraction of sp³-hybridized carbons (Fsp3) is 0.250. The molecule has 0 aliphatic rings. The van der Waals surface area contributed by atoms with Crippen LogP contribution in [0, 0.1) is 6.92 Å². The quantitative estimate of drug-likeness (QED) is 0.769. The lowest BCUT2D eigenvalue weighted by molar-refractivity contribution is 0.0936. The molecule has 2 heterocycles. The standard InChI is InChI=1S/C16H17N3OS/c1-3-13(15-5-4-8-21-15)17-16(20)11-6-7-14-12(9-11)10(2)18-19-14/h4-9,13H,3H2,1-2H3,(H,17,20)(H,18,19)/t13-/m1/s1. The molecular weight excluding hydrogens is 282 g/mol. The van der Waals surface area contributed by atoms with Gasteiger partial charge in [0, 0.05) is 21.5 Å². The molecule has 0 fully saturated rings. The van der Waals surface area contributed by atoms with Gasteiger partial charge in [0.05, 0.1) is 11.6 Å². The van der Waals surface area contributed by atoms with E-state index in [9.17, 15) is 4.79 Å². The normalized spacial score (nSPS) is 12.5. The van der Waals surface area contributed by atoms with Crippen molar-refractivity contribution in [3.63, 3.8) is 0 Å². The molecule has 0 unspecified atom stereocenters. The van der Waals surface area contributed by atoms with Crippen LogP contribution < -0.4 is 5.32 Å². The number of aromatic nitrogens is 2. The minimum Gasteiger partial charge on any atom is -0.344 e. The van der Waals surface area contributed by atoms with Gasteiger partial charge in [-0.2, -0.15) is 5.10 Å². The van der Waals surface area contributed by atoms with Crippen LogP contribution in [-0.2, 0) is 0 Å². The molecule has 5 heteroatoms. The number of benzene rings is 1. The van der Waals surface area contributed by atoms with E-state index in [1.807, 2.05) is 36.6 Å². The Morgan fingerprint density at radius 2 is 2.29 bits per heavy atom. The molecule has 0 spiro atoms. The minimum absolute atomic E-state index is 0.0437. The monoisotopic (exact) mass is 299 g/mol. The number of nitrogens with one attached hydrogen (secondary N) is 2. The van der Waals surface area contributed by atoms with Gasteiger partial charge in [0.25, 0.3) is 5.91 Å². The lowest BCUT2D eigenvalue weighted by Crippen LogP contribution is -2.27. The third kappa shape index (κ3) is 2.69. The minimum atomic E-state index is -0.0437. The van der Waals surface area contributed by atoms with E-state index in [1.165, 1.54) is 4.88 Å². The summed E-state index contributed by atoms with van der Waals surface area (Å²) in [4.78, 5) is 13.6. The molecule has 0 radical (unpaired) electrons. The average molecular weight is 299 g/mol. The Bertz CT molecular complexity index is 761. The third-order valence-corrected chi connectivity index (χ3v) is 4.59. The summed E-state index contributed by atoms with van der Waals surface area (Å²) < 4.78 is 0. The Kier molecular flexibility index (Phi) is 3.75. The van der Waals surface area contributed by atoms with Crippen LogP contribution in [0.15, 0.2) is 35.7 Å². The van der Waals surface area contributed by atoms with Crippen molar-refractivity contribution in [3.8, 4) is 0 Å². The van der Waals surface area contributed by atoms with Gasteiger partial charge in [-0.25, -0.2) is 0 Å². The molecule has 1 aromatic carbocycles. The number of aromatic amines is 1. The highest BCUT2D eigenvalue weighted by Gasteiger charge is 2.15. The highest BCUT2D eigenvalue weighted by Crippen LogP contribution is 2.23. The molecule has 0 aliphatic carbocycles. The zero-order valence-corrected chi connectivity index (χ0v) is 12.8. The molecule has 21 heavy (non-hydrogen) atoms. The number of carbonyl (C=O) groups is 1. The summed E-state index contributed by atoms with van der Waals surface area (Å²) in [7, 11) is 0. The van der Waals surface area contributed by atoms with Gasteiger partial charge >= 0.3 is 0 Å². The second-order valence-electron chi connectivity index (χ2n) is 5.03. The molecule has 2 aromatic heterocycles. The first-order valence-corrected chi connectivity index (χ1v) is 7.86. The predicted molar refractivity (Wildman–Crippen MR) is 85.6 cm³/mol. The van der Waals surface area contributed by atoms with Gasteiger partial charge in [-0.3, -0.25) is 9.89 Å². The molecule has 3 rings (SSSR count). The number of aryl methyl sites for hydroxylation is 1. The van der Waals surface area contributed by atoms with Gasteiger partial charge in [0.2, 0.25) is 0 Å². The van der Waals surface area contributed by atoms with Crippen LogP contribution in [0.2, 0.25) is 0 Å². The first-order chi connectivity index (χ1) is 10.2. The highest BCUT2D eigenvalue weighted by molar-refractivity contribution is 7.10. The van der Waals surface area contributed by atoms with E-state index in [1.54, 1.807) is 11.3 Å². The second kappa shape index (κ2) is 5.69. The highest BCUT2D eigenvalue weighted by atomic mass is 32.1. The Morgan fingerprint density at radius 3 is 3.00 bits per heavy atom. The Morgan fingerprint density at radius 1 is 1.43 bits per heavy atom. The maximum absolute atomic E-state index is 12.4. The lowest BCUT2D eigenvalue weighted by Gasteiger charge is -2.15. The fourth-order valence-corrected chi connectivity index (χ4v) is 3.25. The van der Waals surface area contributed by atoms with E-state index in [2.05, 4.69) is 28.5 Å². The topological polar surface area (TPSA) is 57.8 Å². The van der Waals surface area contributed by atoms with Crippen LogP contribution in [-0.4, -0.2) is 16.1 Å². The van der Waals surface area contributed by atoms with E-state index in [0.717, 1.165) is 23.0 Å². The Hall–Kier alpha value is -2.14. The van der Waals surface area contributed by atoms with E-state index >= 15 is 0 Å². The van der Waals surface area contributed by atoms with Gasteiger partial charge in [0.1, 0.15) is 0 Å². The van der Waals surface area contributed by atoms with Crippen LogP contribution in [0.4, 0.5) is 0 Å². The molecular formula is C16H17N3OS. The summed E-state index contributed by atoms with van der Waals surface area (Å²) in [6.45, 7) is 4.03. The maximum atomic E-state index is 12.4. The van der Waals surface area contributed by atoms with E-state index in [4.69, 9.17) is 0 Å². The number of rotatable bonds is 4. The first-order valence-electron chi connectivity index (χ1n) is 6.98. The number of amides is 1. The molecule has 0 aliphatic heterocycles. The first kappa shape index (κ1) is 13.8. The smallest absolute Gasteiger partial charge is 0.251 e. The largest absolute Gasteiger partial charge is 0.344 e. The Balaban J connectivity index is 1.84. The predicted octanol–water partition coefficient (Wildman–Crippen LogP) is 3.81. The van der Waals surface area contributed by atoms with E-state index in [-0.39, 0.29) is 11.9 Å².